The van der Waals surface area contributed by atoms with Crippen LogP contribution in [0.2, 0.25) is 0 Å². The molecule has 0 amide bonds. The largest absolute Gasteiger partial charge is 0.493 e. The Morgan fingerprint density at radius 2 is 1.75 bits per heavy atom. The number of rotatable bonds is 6. The molecule has 4 rings (SSSR count). The number of hydrogen-bond donors (Lipinski definition) is 0. The van der Waals surface area contributed by atoms with Crippen LogP contribution in [0.1, 0.15) is 18.1 Å². The number of hydrogen-bond acceptors (Lipinski definition) is 5. The summed E-state index contributed by atoms with van der Waals surface area (Å²) in [5.74, 6) is 1.01. The fraction of sp³-hybridized carbons (Fsp3) is 0.300. The van der Waals surface area contributed by atoms with Crippen molar-refractivity contribution in [2.45, 2.75) is 32.5 Å². The van der Waals surface area contributed by atoms with E-state index in [1.54, 1.807) is 4.40 Å². The maximum atomic E-state index is 12.9. The number of imidazole rings is 1. The molecule has 0 fully saturated rings. The number of benzene rings is 2. The van der Waals surface area contributed by atoms with Crippen molar-refractivity contribution in [3.63, 3.8) is 0 Å². The van der Waals surface area contributed by atoms with Gasteiger partial charge in [-0.1, -0.05) is 18.2 Å². The lowest BCUT2D eigenvalue weighted by molar-refractivity contribution is 0.340. The molecule has 0 saturated heterocycles. The number of aromatic nitrogens is 4. The summed E-state index contributed by atoms with van der Waals surface area (Å²) in [5, 5.41) is 8.08. The third-order valence-electron chi connectivity index (χ3n) is 4.96. The molecule has 2 aromatic heterocycles. The van der Waals surface area contributed by atoms with Crippen LogP contribution in [0, 0.1) is 13.8 Å². The lowest BCUT2D eigenvalue weighted by Crippen LogP contribution is -2.17. The molecule has 0 aliphatic rings. The van der Waals surface area contributed by atoms with E-state index in [1.165, 1.54) is 0 Å². The van der Waals surface area contributed by atoms with Gasteiger partial charge in [-0.05, 0) is 56.2 Å². The second-order valence-electron chi connectivity index (χ2n) is 6.76. The van der Waals surface area contributed by atoms with Crippen LogP contribution < -0.4 is 4.74 Å². The van der Waals surface area contributed by atoms with Gasteiger partial charge in [0.15, 0.2) is 0 Å². The van der Waals surface area contributed by atoms with Crippen LogP contribution in [-0.2, 0) is 16.4 Å². The van der Waals surface area contributed by atoms with Gasteiger partial charge in [0.2, 0.25) is 15.6 Å². The Hall–Kier alpha value is -2.87. The van der Waals surface area contributed by atoms with E-state index >= 15 is 0 Å². The fourth-order valence-electron chi connectivity index (χ4n) is 3.31. The Bertz CT molecular complexity index is 1270. The first kappa shape index (κ1) is 18.5. The van der Waals surface area contributed by atoms with E-state index in [1.807, 2.05) is 67.8 Å². The van der Waals surface area contributed by atoms with Gasteiger partial charge in [-0.3, -0.25) is 0 Å². The average Bonchev–Trinajstić information content (AvgIpc) is 3.23. The molecule has 4 aromatic rings. The van der Waals surface area contributed by atoms with Crippen LogP contribution in [0.25, 0.3) is 16.8 Å². The van der Waals surface area contributed by atoms with Crippen molar-refractivity contribution in [2.75, 3.05) is 12.4 Å². The molecule has 7 nitrogen and oxygen atoms in total. The molecule has 0 atom stereocenters. The lowest BCUT2D eigenvalue weighted by Gasteiger charge is -2.08. The molecule has 8 heteroatoms. The van der Waals surface area contributed by atoms with E-state index in [0.29, 0.717) is 18.1 Å². The van der Waals surface area contributed by atoms with Crippen LogP contribution in [0.15, 0.2) is 47.6 Å². The zero-order chi connectivity index (χ0) is 19.9. The molecule has 28 heavy (non-hydrogen) atoms. The highest BCUT2D eigenvalue weighted by Gasteiger charge is 2.25. The maximum Gasteiger partial charge on any atom is 0.256 e. The van der Waals surface area contributed by atoms with Gasteiger partial charge in [0, 0.05) is 6.54 Å². The molecular weight excluding hydrogens is 376 g/mol. The Morgan fingerprint density at radius 1 is 1.00 bits per heavy atom. The quantitative estimate of drug-likeness (QED) is 0.498. The van der Waals surface area contributed by atoms with Gasteiger partial charge in [0.05, 0.1) is 16.8 Å². The minimum atomic E-state index is -3.67. The number of sulfone groups is 1. The van der Waals surface area contributed by atoms with E-state index in [-0.39, 0.29) is 17.5 Å². The Morgan fingerprint density at radius 3 is 2.46 bits per heavy atom. The zero-order valence-electron chi connectivity index (χ0n) is 16.1. The normalized spacial score (nSPS) is 12.1. The lowest BCUT2D eigenvalue weighted by atomic mass is 10.1. The van der Waals surface area contributed by atoms with Gasteiger partial charge in [0.25, 0.3) is 5.16 Å². The van der Waals surface area contributed by atoms with Crippen LogP contribution >= 0.6 is 0 Å². The number of aryl methyl sites for hydroxylation is 3. The number of ether oxygens (including phenoxy) is 1. The highest BCUT2D eigenvalue weighted by atomic mass is 32.2. The maximum absolute atomic E-state index is 12.9. The predicted octanol–water partition coefficient (Wildman–Crippen LogP) is 3.17. The van der Waals surface area contributed by atoms with Gasteiger partial charge in [-0.2, -0.15) is 0 Å². The predicted molar refractivity (Wildman–Crippen MR) is 108 cm³/mol. The fourth-order valence-corrected chi connectivity index (χ4v) is 4.42. The Kier molecular flexibility index (Phi) is 4.58. The third kappa shape index (κ3) is 3.03. The van der Waals surface area contributed by atoms with Crippen molar-refractivity contribution in [3.8, 4) is 5.75 Å². The minimum Gasteiger partial charge on any atom is -0.493 e. The summed E-state index contributed by atoms with van der Waals surface area (Å²) >= 11 is 0. The van der Waals surface area contributed by atoms with E-state index in [4.69, 9.17) is 4.74 Å². The molecule has 0 aliphatic carbocycles. The second-order valence-corrected chi connectivity index (χ2v) is 8.77. The molecule has 2 heterocycles. The summed E-state index contributed by atoms with van der Waals surface area (Å²) in [6, 6.07) is 13.3. The molecule has 0 radical (unpaired) electrons. The van der Waals surface area contributed by atoms with E-state index in [2.05, 4.69) is 10.2 Å². The summed E-state index contributed by atoms with van der Waals surface area (Å²) in [5.41, 5.74) is 3.97. The van der Waals surface area contributed by atoms with Gasteiger partial charge in [-0.25, -0.2) is 12.8 Å². The standard InChI is InChI=1S/C20H22N4O3S/c1-4-23-17-7-5-6-8-18(17)24-19(23)21-22-20(24)28(25,26)12-11-27-16-10-9-14(2)15(3)13-16/h5-10,13H,4,11-12H2,1-3H3. The van der Waals surface area contributed by atoms with E-state index in [9.17, 15) is 8.42 Å². The van der Waals surface area contributed by atoms with Crippen LogP contribution in [0.4, 0.5) is 0 Å². The zero-order valence-corrected chi connectivity index (χ0v) is 16.9. The summed E-state index contributed by atoms with van der Waals surface area (Å²) in [7, 11) is -3.67. The molecule has 0 bridgehead atoms. The molecule has 0 aliphatic heterocycles. The second kappa shape index (κ2) is 6.94. The van der Waals surface area contributed by atoms with Gasteiger partial charge < -0.3 is 9.30 Å². The summed E-state index contributed by atoms with van der Waals surface area (Å²) in [6.45, 7) is 6.73. The molecule has 0 unspecified atom stereocenters. The Labute approximate surface area is 163 Å². The molecular formula is C20H22N4O3S. The highest BCUT2D eigenvalue weighted by molar-refractivity contribution is 7.91. The molecule has 0 saturated carbocycles. The number of para-hydroxylation sites is 2. The van der Waals surface area contributed by atoms with E-state index < -0.39 is 9.84 Å². The van der Waals surface area contributed by atoms with Crippen molar-refractivity contribution in [3.05, 3.63) is 53.6 Å². The first-order valence-corrected chi connectivity index (χ1v) is 10.8. The van der Waals surface area contributed by atoms with Gasteiger partial charge in [0.1, 0.15) is 12.4 Å². The smallest absolute Gasteiger partial charge is 0.256 e. The van der Waals surface area contributed by atoms with Crippen LogP contribution in [0.5, 0.6) is 5.75 Å². The first-order chi connectivity index (χ1) is 13.4. The number of nitrogens with zero attached hydrogens (tertiary/aromatic N) is 4. The van der Waals surface area contributed by atoms with Crippen LogP contribution in [0.3, 0.4) is 0 Å². The molecule has 0 N–H and O–H groups in total. The van der Waals surface area contributed by atoms with Crippen LogP contribution in [-0.4, -0.2) is 39.9 Å². The molecule has 146 valence electrons. The van der Waals surface area contributed by atoms with Gasteiger partial charge in [-0.15, -0.1) is 10.2 Å². The number of fused-ring (bicyclic) bond motifs is 3. The van der Waals surface area contributed by atoms with Gasteiger partial charge >= 0.3 is 0 Å². The molecule has 0 spiro atoms. The summed E-state index contributed by atoms with van der Waals surface area (Å²) < 4.78 is 35.1. The van der Waals surface area contributed by atoms with Crippen molar-refractivity contribution in [2.24, 2.45) is 0 Å². The SMILES string of the molecule is CCn1c2ccccc2n2c(S(=O)(=O)CCOc3ccc(C)c(C)c3)nnc12. The highest BCUT2D eigenvalue weighted by Crippen LogP contribution is 2.23. The topological polar surface area (TPSA) is 78.5 Å². The third-order valence-corrected chi connectivity index (χ3v) is 6.49. The molecule has 2 aromatic carbocycles. The first-order valence-electron chi connectivity index (χ1n) is 9.17. The van der Waals surface area contributed by atoms with Crippen molar-refractivity contribution in [1.82, 2.24) is 19.2 Å². The van der Waals surface area contributed by atoms with Crippen molar-refractivity contribution in [1.29, 1.82) is 0 Å². The summed E-state index contributed by atoms with van der Waals surface area (Å²) in [6.07, 6.45) is 0. The Balaban J connectivity index is 1.64. The monoisotopic (exact) mass is 398 g/mol. The van der Waals surface area contributed by atoms with E-state index in [0.717, 1.165) is 22.2 Å². The van der Waals surface area contributed by atoms with Crippen molar-refractivity contribution >= 4 is 26.6 Å². The summed E-state index contributed by atoms with van der Waals surface area (Å²) in [4.78, 5) is 0. The average molecular weight is 398 g/mol. The van der Waals surface area contributed by atoms with Crippen molar-refractivity contribution < 1.29 is 13.2 Å². The minimum absolute atomic E-state index is 0.0467.